The minimum atomic E-state index is -1.76. The van der Waals surface area contributed by atoms with Crippen molar-refractivity contribution in [2.75, 3.05) is 33.4 Å². The summed E-state index contributed by atoms with van der Waals surface area (Å²) in [4.78, 5) is 13.0. The average Bonchev–Trinajstić information content (AvgIpc) is 2.44. The highest BCUT2D eigenvalue weighted by Gasteiger charge is 2.25. The molecule has 1 aromatic carbocycles. The number of methoxy groups -OCH3 is 1. The van der Waals surface area contributed by atoms with Crippen LogP contribution in [0.15, 0.2) is 6.07 Å². The molecule has 0 unspecified atom stereocenters. The molecule has 2 N–H and O–H groups in total. The van der Waals surface area contributed by atoms with Crippen molar-refractivity contribution in [3.8, 4) is 5.75 Å². The highest BCUT2D eigenvalue weighted by molar-refractivity contribution is 5.95. The summed E-state index contributed by atoms with van der Waals surface area (Å²) < 4.78 is 44.4. The molecule has 0 heterocycles. The number of benzene rings is 1. The van der Waals surface area contributed by atoms with Crippen LogP contribution in [0.1, 0.15) is 10.4 Å². The Morgan fingerprint density at radius 3 is 2.50 bits per heavy atom. The van der Waals surface area contributed by atoms with Gasteiger partial charge in [0.15, 0.2) is 17.4 Å². The quantitative estimate of drug-likeness (QED) is 0.764. The molecule has 0 aliphatic heterocycles. The SMILES string of the molecule is COCCN(CCO)C(=O)c1cc(F)c(F)c(O)c1F. The lowest BCUT2D eigenvalue weighted by molar-refractivity contribution is 0.0650. The fourth-order valence-electron chi connectivity index (χ4n) is 1.55. The number of aromatic hydroxyl groups is 1. The summed E-state index contributed by atoms with van der Waals surface area (Å²) in [5, 5.41) is 17.9. The predicted molar refractivity (Wildman–Crippen MR) is 62.8 cm³/mol. The second-order valence-corrected chi connectivity index (χ2v) is 3.89. The molecule has 0 aliphatic rings. The van der Waals surface area contributed by atoms with Crippen molar-refractivity contribution in [2.45, 2.75) is 0 Å². The molecule has 0 bridgehead atoms. The summed E-state index contributed by atoms with van der Waals surface area (Å²) in [6.45, 7) is -0.397. The number of nitrogens with zero attached hydrogens (tertiary/aromatic N) is 1. The van der Waals surface area contributed by atoms with Gasteiger partial charge in [-0.3, -0.25) is 4.79 Å². The van der Waals surface area contributed by atoms with Crippen molar-refractivity contribution in [1.82, 2.24) is 4.90 Å². The third kappa shape index (κ3) is 3.40. The number of aliphatic hydroxyl groups is 1. The molecule has 0 aromatic heterocycles. The van der Waals surface area contributed by atoms with E-state index in [4.69, 9.17) is 14.9 Å². The summed E-state index contributed by atoms with van der Waals surface area (Å²) in [6.07, 6.45) is 0. The van der Waals surface area contributed by atoms with E-state index in [0.717, 1.165) is 4.90 Å². The second kappa shape index (κ2) is 7.11. The Bertz CT molecular complexity index is 496. The van der Waals surface area contributed by atoms with E-state index in [1.54, 1.807) is 0 Å². The molecule has 0 aliphatic carbocycles. The van der Waals surface area contributed by atoms with Crippen molar-refractivity contribution >= 4 is 5.91 Å². The maximum absolute atomic E-state index is 13.6. The predicted octanol–water partition coefficient (Wildman–Crippen LogP) is 0.890. The fourth-order valence-corrected chi connectivity index (χ4v) is 1.55. The first-order chi connectivity index (χ1) is 9.43. The minimum absolute atomic E-state index is 0.0229. The number of rotatable bonds is 6. The molecule has 0 atom stereocenters. The van der Waals surface area contributed by atoms with E-state index in [1.165, 1.54) is 7.11 Å². The van der Waals surface area contributed by atoms with Gasteiger partial charge in [-0.15, -0.1) is 0 Å². The van der Waals surface area contributed by atoms with Crippen molar-refractivity contribution in [1.29, 1.82) is 0 Å². The topological polar surface area (TPSA) is 70.0 Å². The van der Waals surface area contributed by atoms with E-state index in [0.29, 0.717) is 6.07 Å². The lowest BCUT2D eigenvalue weighted by Crippen LogP contribution is -2.36. The number of halogens is 3. The number of hydrogen-bond acceptors (Lipinski definition) is 4. The molecule has 112 valence electrons. The van der Waals surface area contributed by atoms with Crippen LogP contribution in [0.5, 0.6) is 5.75 Å². The van der Waals surface area contributed by atoms with E-state index in [2.05, 4.69) is 0 Å². The Morgan fingerprint density at radius 2 is 1.95 bits per heavy atom. The molecular weight excluding hydrogens is 279 g/mol. The summed E-state index contributed by atoms with van der Waals surface area (Å²) in [5.74, 6) is -7.38. The number of hydrogen-bond donors (Lipinski definition) is 2. The van der Waals surface area contributed by atoms with Crippen LogP contribution in [-0.4, -0.2) is 54.4 Å². The third-order valence-electron chi connectivity index (χ3n) is 2.59. The Kier molecular flexibility index (Phi) is 5.78. The Morgan fingerprint density at radius 1 is 1.30 bits per heavy atom. The smallest absolute Gasteiger partial charge is 0.257 e. The molecule has 0 fully saturated rings. The van der Waals surface area contributed by atoms with Gasteiger partial charge in [0.1, 0.15) is 0 Å². The normalized spacial score (nSPS) is 10.7. The van der Waals surface area contributed by atoms with Crippen LogP contribution in [-0.2, 0) is 4.74 Å². The molecule has 8 heteroatoms. The summed E-state index contributed by atoms with van der Waals surface area (Å²) in [6, 6.07) is 0.365. The molecule has 5 nitrogen and oxygen atoms in total. The number of phenolic OH excluding ortho intramolecular Hbond substituents is 1. The zero-order valence-electron chi connectivity index (χ0n) is 10.7. The maximum atomic E-state index is 13.6. The van der Waals surface area contributed by atoms with Crippen LogP contribution in [0, 0.1) is 17.5 Å². The van der Waals surface area contributed by atoms with Crippen LogP contribution >= 0.6 is 0 Å². The molecule has 0 saturated heterocycles. The van der Waals surface area contributed by atoms with Crippen molar-refractivity contribution in [3.63, 3.8) is 0 Å². The molecule has 1 rings (SSSR count). The van der Waals surface area contributed by atoms with E-state index in [1.807, 2.05) is 0 Å². The van der Waals surface area contributed by atoms with Crippen LogP contribution < -0.4 is 0 Å². The standard InChI is InChI=1S/C12H14F3NO4/c1-20-5-3-16(2-4-17)12(19)7-6-8(13)10(15)11(18)9(7)14/h6,17-18H,2-5H2,1H3. The first kappa shape index (κ1) is 16.3. The second-order valence-electron chi connectivity index (χ2n) is 3.89. The monoisotopic (exact) mass is 293 g/mol. The lowest BCUT2D eigenvalue weighted by atomic mass is 10.1. The number of carbonyl (C=O) groups excluding carboxylic acids is 1. The highest BCUT2D eigenvalue weighted by atomic mass is 19.2. The van der Waals surface area contributed by atoms with Crippen molar-refractivity contribution < 1.29 is 32.9 Å². The summed E-state index contributed by atoms with van der Waals surface area (Å²) in [7, 11) is 1.38. The van der Waals surface area contributed by atoms with Crippen LogP contribution in [0.25, 0.3) is 0 Å². The Hall–Kier alpha value is -1.80. The van der Waals surface area contributed by atoms with E-state index >= 15 is 0 Å². The lowest BCUT2D eigenvalue weighted by Gasteiger charge is -2.21. The molecule has 0 radical (unpaired) electrons. The van der Waals surface area contributed by atoms with Crippen molar-refractivity contribution in [3.05, 3.63) is 29.1 Å². The molecule has 0 saturated carbocycles. The number of amides is 1. The molecular formula is C12H14F3NO4. The first-order valence-electron chi connectivity index (χ1n) is 5.69. The van der Waals surface area contributed by atoms with E-state index in [9.17, 15) is 18.0 Å². The van der Waals surface area contributed by atoms with Gasteiger partial charge in [0.05, 0.1) is 18.8 Å². The Balaban J connectivity index is 3.11. The fraction of sp³-hybridized carbons (Fsp3) is 0.417. The van der Waals surface area contributed by atoms with Gasteiger partial charge in [0.25, 0.3) is 5.91 Å². The number of ether oxygens (including phenoxy) is 1. The van der Waals surface area contributed by atoms with Gasteiger partial charge in [-0.2, -0.15) is 4.39 Å². The first-order valence-corrected chi connectivity index (χ1v) is 5.69. The van der Waals surface area contributed by atoms with E-state index < -0.39 is 41.3 Å². The van der Waals surface area contributed by atoms with Crippen LogP contribution in [0.4, 0.5) is 13.2 Å². The van der Waals surface area contributed by atoms with Gasteiger partial charge in [0.2, 0.25) is 5.82 Å². The number of phenols is 1. The van der Waals surface area contributed by atoms with Gasteiger partial charge < -0.3 is 19.8 Å². The van der Waals surface area contributed by atoms with Crippen molar-refractivity contribution in [2.24, 2.45) is 0 Å². The molecule has 0 spiro atoms. The van der Waals surface area contributed by atoms with Gasteiger partial charge in [0, 0.05) is 20.2 Å². The minimum Gasteiger partial charge on any atom is -0.503 e. The summed E-state index contributed by atoms with van der Waals surface area (Å²) >= 11 is 0. The van der Waals surface area contributed by atoms with Gasteiger partial charge in [-0.1, -0.05) is 0 Å². The zero-order chi connectivity index (χ0) is 15.3. The van der Waals surface area contributed by atoms with Gasteiger partial charge >= 0.3 is 0 Å². The largest absolute Gasteiger partial charge is 0.503 e. The maximum Gasteiger partial charge on any atom is 0.257 e. The van der Waals surface area contributed by atoms with Gasteiger partial charge in [-0.05, 0) is 6.07 Å². The number of carbonyl (C=O) groups is 1. The highest BCUT2D eigenvalue weighted by Crippen LogP contribution is 2.26. The Labute approximate surface area is 113 Å². The van der Waals surface area contributed by atoms with Crippen LogP contribution in [0.2, 0.25) is 0 Å². The van der Waals surface area contributed by atoms with Gasteiger partial charge in [-0.25, -0.2) is 8.78 Å². The molecule has 1 amide bonds. The summed E-state index contributed by atoms with van der Waals surface area (Å²) in [5.41, 5.74) is -0.814. The third-order valence-corrected chi connectivity index (χ3v) is 2.59. The van der Waals surface area contributed by atoms with Crippen LogP contribution in [0.3, 0.4) is 0 Å². The average molecular weight is 293 g/mol. The molecule has 20 heavy (non-hydrogen) atoms. The zero-order valence-corrected chi connectivity index (χ0v) is 10.7. The van der Waals surface area contributed by atoms with E-state index in [-0.39, 0.29) is 19.7 Å². The number of aliphatic hydroxyl groups excluding tert-OH is 1. The molecule has 1 aromatic rings.